The molecule has 1 N–H and O–H groups in total. The van der Waals surface area contributed by atoms with Crippen LogP contribution in [0.25, 0.3) is 0 Å². The standard InChI is InChI=1S/C7H6BrIO/c1-4-6(8)2-5(9)3-7(4)10/h2-3,10H,1H3. The van der Waals surface area contributed by atoms with Crippen molar-refractivity contribution in [2.75, 3.05) is 0 Å². The Hall–Kier alpha value is 0.230. The molecule has 1 nitrogen and oxygen atoms in total. The molecular weight excluding hydrogens is 307 g/mol. The molecule has 0 saturated carbocycles. The van der Waals surface area contributed by atoms with Gasteiger partial charge in [-0.25, -0.2) is 0 Å². The molecule has 1 aromatic rings. The molecule has 0 atom stereocenters. The minimum absolute atomic E-state index is 0.346. The first-order valence-electron chi connectivity index (χ1n) is 2.76. The van der Waals surface area contributed by atoms with E-state index in [2.05, 4.69) is 38.5 Å². The molecule has 0 aromatic heterocycles. The van der Waals surface area contributed by atoms with Crippen LogP contribution in [-0.2, 0) is 0 Å². The molecule has 0 saturated heterocycles. The van der Waals surface area contributed by atoms with Gasteiger partial charge in [0.05, 0.1) is 0 Å². The predicted octanol–water partition coefficient (Wildman–Crippen LogP) is 3.07. The highest BCUT2D eigenvalue weighted by Crippen LogP contribution is 2.27. The van der Waals surface area contributed by atoms with Crippen molar-refractivity contribution in [1.82, 2.24) is 0 Å². The second-order valence-electron chi connectivity index (χ2n) is 2.03. The van der Waals surface area contributed by atoms with Crippen molar-refractivity contribution >= 4 is 38.5 Å². The van der Waals surface area contributed by atoms with E-state index in [1.54, 1.807) is 6.07 Å². The summed E-state index contributed by atoms with van der Waals surface area (Å²) in [5, 5.41) is 9.25. The van der Waals surface area contributed by atoms with Gasteiger partial charge in [-0.2, -0.15) is 0 Å². The Bertz CT molecular complexity index is 237. The minimum atomic E-state index is 0.346. The topological polar surface area (TPSA) is 20.2 Å². The van der Waals surface area contributed by atoms with E-state index in [1.165, 1.54) is 0 Å². The van der Waals surface area contributed by atoms with E-state index >= 15 is 0 Å². The zero-order chi connectivity index (χ0) is 7.72. The Kier molecular flexibility index (Phi) is 2.57. The van der Waals surface area contributed by atoms with Crippen molar-refractivity contribution in [1.29, 1.82) is 0 Å². The summed E-state index contributed by atoms with van der Waals surface area (Å²) in [6.07, 6.45) is 0. The fourth-order valence-corrected chi connectivity index (χ4v) is 2.12. The molecule has 0 unspecified atom stereocenters. The van der Waals surface area contributed by atoms with Crippen LogP contribution in [0, 0.1) is 10.5 Å². The Morgan fingerprint density at radius 1 is 1.50 bits per heavy atom. The van der Waals surface area contributed by atoms with Crippen LogP contribution in [0.2, 0.25) is 0 Å². The van der Waals surface area contributed by atoms with Crippen LogP contribution in [0.3, 0.4) is 0 Å². The van der Waals surface area contributed by atoms with Crippen LogP contribution < -0.4 is 0 Å². The molecule has 0 aliphatic heterocycles. The molecule has 0 bridgehead atoms. The number of benzene rings is 1. The van der Waals surface area contributed by atoms with Crippen molar-refractivity contribution in [2.45, 2.75) is 6.92 Å². The van der Waals surface area contributed by atoms with Gasteiger partial charge in [0, 0.05) is 13.6 Å². The second kappa shape index (κ2) is 3.09. The van der Waals surface area contributed by atoms with Crippen LogP contribution in [0.5, 0.6) is 5.75 Å². The second-order valence-corrected chi connectivity index (χ2v) is 4.13. The first-order valence-corrected chi connectivity index (χ1v) is 4.63. The SMILES string of the molecule is Cc1c(O)cc(I)cc1Br. The average molecular weight is 313 g/mol. The average Bonchev–Trinajstić information content (AvgIpc) is 1.82. The maximum atomic E-state index is 9.25. The van der Waals surface area contributed by atoms with Gasteiger partial charge < -0.3 is 5.11 Å². The number of hydrogen-bond donors (Lipinski definition) is 1. The molecule has 1 rings (SSSR count). The van der Waals surface area contributed by atoms with Crippen LogP contribution in [0.4, 0.5) is 0 Å². The van der Waals surface area contributed by atoms with Crippen molar-refractivity contribution in [2.24, 2.45) is 0 Å². The lowest BCUT2D eigenvalue weighted by Gasteiger charge is -2.01. The lowest BCUT2D eigenvalue weighted by molar-refractivity contribution is 0.470. The van der Waals surface area contributed by atoms with Gasteiger partial charge >= 0.3 is 0 Å². The van der Waals surface area contributed by atoms with Gasteiger partial charge in [0.25, 0.3) is 0 Å². The molecule has 0 amide bonds. The first kappa shape index (κ1) is 8.33. The highest BCUT2D eigenvalue weighted by Gasteiger charge is 2.00. The van der Waals surface area contributed by atoms with E-state index in [0.717, 1.165) is 13.6 Å². The minimum Gasteiger partial charge on any atom is -0.508 e. The lowest BCUT2D eigenvalue weighted by atomic mass is 10.2. The normalized spacial score (nSPS) is 9.90. The monoisotopic (exact) mass is 312 g/mol. The fraction of sp³-hybridized carbons (Fsp3) is 0.143. The number of halogens is 2. The van der Waals surface area contributed by atoms with Crippen molar-refractivity contribution in [3.8, 4) is 5.75 Å². The fourth-order valence-electron chi connectivity index (χ4n) is 0.632. The van der Waals surface area contributed by atoms with Crippen LogP contribution in [0.1, 0.15) is 5.56 Å². The zero-order valence-electron chi connectivity index (χ0n) is 5.36. The Labute approximate surface area is 81.7 Å². The van der Waals surface area contributed by atoms with Crippen molar-refractivity contribution < 1.29 is 5.11 Å². The zero-order valence-corrected chi connectivity index (χ0v) is 9.10. The lowest BCUT2D eigenvalue weighted by Crippen LogP contribution is -1.78. The highest BCUT2D eigenvalue weighted by atomic mass is 127. The maximum absolute atomic E-state index is 9.25. The van der Waals surface area contributed by atoms with Crippen molar-refractivity contribution in [3.05, 3.63) is 25.7 Å². The van der Waals surface area contributed by atoms with E-state index < -0.39 is 0 Å². The number of rotatable bonds is 0. The molecule has 10 heavy (non-hydrogen) atoms. The predicted molar refractivity (Wildman–Crippen MR) is 53.3 cm³/mol. The van der Waals surface area contributed by atoms with Crippen LogP contribution in [0.15, 0.2) is 16.6 Å². The number of phenolic OH excluding ortho intramolecular Hbond substituents is 1. The smallest absolute Gasteiger partial charge is 0.120 e. The number of aromatic hydroxyl groups is 1. The van der Waals surface area contributed by atoms with Gasteiger partial charge in [0.15, 0.2) is 0 Å². The maximum Gasteiger partial charge on any atom is 0.120 e. The summed E-state index contributed by atoms with van der Waals surface area (Å²) in [6, 6.07) is 3.70. The third-order valence-electron chi connectivity index (χ3n) is 1.28. The van der Waals surface area contributed by atoms with E-state index in [0.29, 0.717) is 5.75 Å². The van der Waals surface area contributed by atoms with Gasteiger partial charge in [-0.3, -0.25) is 0 Å². The summed E-state index contributed by atoms with van der Waals surface area (Å²) in [4.78, 5) is 0. The third kappa shape index (κ3) is 1.63. The van der Waals surface area contributed by atoms with Crippen LogP contribution >= 0.6 is 38.5 Å². The summed E-state index contributed by atoms with van der Waals surface area (Å²) in [5.41, 5.74) is 0.889. The van der Waals surface area contributed by atoms with Gasteiger partial charge in [0.1, 0.15) is 5.75 Å². The third-order valence-corrected chi connectivity index (χ3v) is 2.73. The van der Waals surface area contributed by atoms with E-state index in [1.807, 2.05) is 13.0 Å². The Morgan fingerprint density at radius 2 is 2.10 bits per heavy atom. The van der Waals surface area contributed by atoms with E-state index in [4.69, 9.17) is 0 Å². The molecule has 54 valence electrons. The summed E-state index contributed by atoms with van der Waals surface area (Å²) in [7, 11) is 0. The van der Waals surface area contributed by atoms with E-state index in [-0.39, 0.29) is 0 Å². The van der Waals surface area contributed by atoms with Crippen LogP contribution in [-0.4, -0.2) is 5.11 Å². The van der Waals surface area contributed by atoms with Gasteiger partial charge in [-0.1, -0.05) is 15.9 Å². The summed E-state index contributed by atoms with van der Waals surface area (Å²) < 4.78 is 1.99. The molecule has 3 heteroatoms. The first-order chi connectivity index (χ1) is 4.61. The van der Waals surface area contributed by atoms with Gasteiger partial charge in [-0.05, 0) is 41.6 Å². The molecule has 0 radical (unpaired) electrons. The summed E-state index contributed by atoms with van der Waals surface area (Å²) >= 11 is 5.49. The van der Waals surface area contributed by atoms with Crippen molar-refractivity contribution in [3.63, 3.8) is 0 Å². The molecule has 0 heterocycles. The summed E-state index contributed by atoms with van der Waals surface area (Å²) in [6.45, 7) is 1.87. The molecular formula is C7H6BrIO. The molecule has 0 aliphatic carbocycles. The Morgan fingerprint density at radius 3 is 2.60 bits per heavy atom. The highest BCUT2D eigenvalue weighted by molar-refractivity contribution is 14.1. The summed E-state index contributed by atoms with van der Waals surface area (Å²) in [5.74, 6) is 0.346. The largest absolute Gasteiger partial charge is 0.508 e. The van der Waals surface area contributed by atoms with E-state index in [9.17, 15) is 5.11 Å². The van der Waals surface area contributed by atoms with Gasteiger partial charge in [0.2, 0.25) is 0 Å². The molecule has 0 spiro atoms. The quantitative estimate of drug-likeness (QED) is 0.730. The number of phenols is 1. The molecule has 0 fully saturated rings. The van der Waals surface area contributed by atoms with Gasteiger partial charge in [-0.15, -0.1) is 0 Å². The molecule has 1 aromatic carbocycles. The Balaban J connectivity index is 3.31. The number of hydrogen-bond acceptors (Lipinski definition) is 1. The molecule has 0 aliphatic rings.